The van der Waals surface area contributed by atoms with Crippen LogP contribution in [0.3, 0.4) is 0 Å². The molecule has 0 bridgehead atoms. The van der Waals surface area contributed by atoms with Crippen LogP contribution < -0.4 is 5.32 Å². The van der Waals surface area contributed by atoms with E-state index in [9.17, 15) is 4.79 Å². The molecule has 1 aliphatic heterocycles. The highest BCUT2D eigenvalue weighted by Crippen LogP contribution is 2.31. The molecular weight excluding hydrogens is 360 g/mol. The van der Waals surface area contributed by atoms with Crippen LogP contribution in [0.4, 0.5) is 10.5 Å². The Balaban J connectivity index is 1.52. The summed E-state index contributed by atoms with van der Waals surface area (Å²) in [6, 6.07) is 9.58. The van der Waals surface area contributed by atoms with Crippen LogP contribution >= 0.6 is 11.3 Å². The van der Waals surface area contributed by atoms with Crippen molar-refractivity contribution in [2.75, 3.05) is 11.9 Å². The van der Waals surface area contributed by atoms with Gasteiger partial charge in [-0.25, -0.2) is 9.78 Å². The molecule has 0 unspecified atom stereocenters. The summed E-state index contributed by atoms with van der Waals surface area (Å²) in [5.41, 5.74) is 3.53. The Bertz CT molecular complexity index is 949. The zero-order valence-corrected chi connectivity index (χ0v) is 16.3. The van der Waals surface area contributed by atoms with Crippen molar-refractivity contribution in [2.45, 2.75) is 39.2 Å². The molecule has 7 heteroatoms. The van der Waals surface area contributed by atoms with Gasteiger partial charge in [0.1, 0.15) is 11.5 Å². The molecule has 1 fully saturated rings. The molecule has 3 aromatic rings. The summed E-state index contributed by atoms with van der Waals surface area (Å²) in [6.07, 6.45) is 2.98. The van der Waals surface area contributed by atoms with E-state index in [4.69, 9.17) is 4.52 Å². The van der Waals surface area contributed by atoms with Gasteiger partial charge in [-0.1, -0.05) is 17.3 Å². The van der Waals surface area contributed by atoms with Gasteiger partial charge >= 0.3 is 6.03 Å². The van der Waals surface area contributed by atoms with Crippen molar-refractivity contribution in [3.8, 4) is 11.3 Å². The lowest BCUT2D eigenvalue weighted by atomic mass is 9.99. The maximum atomic E-state index is 13.0. The number of likely N-dealkylation sites (tertiary alicyclic amines) is 1. The molecule has 2 aromatic heterocycles. The lowest BCUT2D eigenvalue weighted by molar-refractivity contribution is 0.159. The quantitative estimate of drug-likeness (QED) is 0.678. The van der Waals surface area contributed by atoms with Gasteiger partial charge in [-0.15, -0.1) is 11.3 Å². The summed E-state index contributed by atoms with van der Waals surface area (Å²) in [6.45, 7) is 4.57. The molecular formula is C20H22N4O2S. The van der Waals surface area contributed by atoms with Crippen LogP contribution in [0.25, 0.3) is 11.3 Å². The topological polar surface area (TPSA) is 71.3 Å². The first-order chi connectivity index (χ1) is 13.1. The molecule has 6 nitrogen and oxygen atoms in total. The molecule has 0 saturated carbocycles. The van der Waals surface area contributed by atoms with Gasteiger partial charge in [0, 0.05) is 29.2 Å². The summed E-state index contributed by atoms with van der Waals surface area (Å²) in [4.78, 5) is 19.3. The average molecular weight is 382 g/mol. The van der Waals surface area contributed by atoms with E-state index in [1.54, 1.807) is 11.3 Å². The van der Waals surface area contributed by atoms with Gasteiger partial charge in [-0.2, -0.15) is 0 Å². The number of piperidine rings is 1. The first-order valence-electron chi connectivity index (χ1n) is 9.13. The number of benzene rings is 1. The van der Waals surface area contributed by atoms with Gasteiger partial charge in [-0.3, -0.25) is 0 Å². The lowest BCUT2D eigenvalue weighted by Crippen LogP contribution is -2.41. The van der Waals surface area contributed by atoms with E-state index >= 15 is 0 Å². The summed E-state index contributed by atoms with van der Waals surface area (Å²) in [5.74, 6) is 0.766. The minimum absolute atomic E-state index is 0.0411. The third-order valence-electron chi connectivity index (χ3n) is 4.78. The highest BCUT2D eigenvalue weighted by atomic mass is 32.1. The second-order valence-electron chi connectivity index (χ2n) is 6.83. The zero-order valence-electron chi connectivity index (χ0n) is 15.4. The lowest BCUT2D eigenvalue weighted by Gasteiger charge is -2.34. The van der Waals surface area contributed by atoms with Crippen molar-refractivity contribution in [1.82, 2.24) is 15.0 Å². The second-order valence-corrected chi connectivity index (χ2v) is 7.89. The Hall–Kier alpha value is -2.67. The maximum Gasteiger partial charge on any atom is 0.322 e. The van der Waals surface area contributed by atoms with Crippen molar-refractivity contribution in [2.24, 2.45) is 0 Å². The van der Waals surface area contributed by atoms with Crippen molar-refractivity contribution in [3.63, 3.8) is 0 Å². The second kappa shape index (κ2) is 7.52. The van der Waals surface area contributed by atoms with E-state index in [0.29, 0.717) is 6.54 Å². The van der Waals surface area contributed by atoms with Gasteiger partial charge in [0.15, 0.2) is 0 Å². The minimum Gasteiger partial charge on any atom is -0.361 e. The Morgan fingerprint density at radius 1 is 1.30 bits per heavy atom. The number of aryl methyl sites for hydroxylation is 2. The number of nitrogens with zero attached hydrogens (tertiary/aromatic N) is 3. The maximum absolute atomic E-state index is 13.0. The van der Waals surface area contributed by atoms with E-state index in [2.05, 4.69) is 15.5 Å². The molecule has 2 amide bonds. The Kier molecular flexibility index (Phi) is 4.94. The van der Waals surface area contributed by atoms with Gasteiger partial charge in [0.05, 0.1) is 16.7 Å². The third kappa shape index (κ3) is 3.88. The van der Waals surface area contributed by atoms with Crippen molar-refractivity contribution in [3.05, 3.63) is 52.2 Å². The molecule has 3 heterocycles. The SMILES string of the molecule is Cc1cc([C@@H]2CCCCN2C(=O)Nc2cccc(-c3csc(C)n3)c2)no1. The molecule has 0 aliphatic carbocycles. The Labute approximate surface area is 162 Å². The summed E-state index contributed by atoms with van der Waals surface area (Å²) < 4.78 is 5.22. The standard InChI is InChI=1S/C20H22N4O2S/c1-13-10-17(23-26-13)19-8-3-4-9-24(19)20(25)22-16-7-5-6-15(11-16)18-12-27-14(2)21-18/h5-7,10-12,19H,3-4,8-9H2,1-2H3,(H,22,25)/t19-/m0/s1. The van der Waals surface area contributed by atoms with Crippen LogP contribution in [0.1, 0.15) is 41.8 Å². The third-order valence-corrected chi connectivity index (χ3v) is 5.55. The zero-order chi connectivity index (χ0) is 18.8. The number of aromatic nitrogens is 2. The van der Waals surface area contributed by atoms with Gasteiger partial charge in [0.25, 0.3) is 0 Å². The molecule has 1 aromatic carbocycles. The predicted octanol–water partition coefficient (Wildman–Crippen LogP) is 5.17. The van der Waals surface area contributed by atoms with E-state index < -0.39 is 0 Å². The molecule has 4 rings (SSSR count). The molecule has 0 radical (unpaired) electrons. The summed E-state index contributed by atoms with van der Waals surface area (Å²) in [7, 11) is 0. The molecule has 1 saturated heterocycles. The molecule has 1 atom stereocenters. The fourth-order valence-electron chi connectivity index (χ4n) is 3.47. The van der Waals surface area contributed by atoms with Crippen LogP contribution in [-0.2, 0) is 0 Å². The number of anilines is 1. The minimum atomic E-state index is -0.105. The Morgan fingerprint density at radius 3 is 2.93 bits per heavy atom. The van der Waals surface area contributed by atoms with Crippen LogP contribution in [0.2, 0.25) is 0 Å². The highest BCUT2D eigenvalue weighted by molar-refractivity contribution is 7.09. The van der Waals surface area contributed by atoms with Crippen molar-refractivity contribution < 1.29 is 9.32 Å². The number of hydrogen-bond acceptors (Lipinski definition) is 5. The molecule has 1 N–H and O–H groups in total. The van der Waals surface area contributed by atoms with Crippen LogP contribution in [0.5, 0.6) is 0 Å². The molecule has 27 heavy (non-hydrogen) atoms. The Morgan fingerprint density at radius 2 is 2.19 bits per heavy atom. The van der Waals surface area contributed by atoms with Crippen LogP contribution in [-0.4, -0.2) is 27.6 Å². The van der Waals surface area contributed by atoms with Gasteiger partial charge < -0.3 is 14.7 Å². The number of thiazole rings is 1. The number of amides is 2. The van der Waals surface area contributed by atoms with E-state index in [0.717, 1.165) is 52.7 Å². The monoisotopic (exact) mass is 382 g/mol. The number of urea groups is 1. The number of nitrogens with one attached hydrogen (secondary N) is 1. The van der Waals surface area contributed by atoms with Crippen molar-refractivity contribution in [1.29, 1.82) is 0 Å². The van der Waals surface area contributed by atoms with E-state index in [1.807, 2.05) is 54.5 Å². The smallest absolute Gasteiger partial charge is 0.322 e. The number of rotatable bonds is 3. The largest absolute Gasteiger partial charge is 0.361 e. The van der Waals surface area contributed by atoms with Gasteiger partial charge in [-0.05, 0) is 45.2 Å². The summed E-state index contributed by atoms with van der Waals surface area (Å²) in [5, 5.41) is 10.2. The van der Waals surface area contributed by atoms with Crippen LogP contribution in [0, 0.1) is 13.8 Å². The molecule has 1 aliphatic rings. The first-order valence-corrected chi connectivity index (χ1v) is 10.0. The highest BCUT2D eigenvalue weighted by Gasteiger charge is 2.30. The fourth-order valence-corrected chi connectivity index (χ4v) is 4.09. The summed E-state index contributed by atoms with van der Waals surface area (Å²) >= 11 is 1.62. The molecule has 0 spiro atoms. The van der Waals surface area contributed by atoms with Crippen LogP contribution in [0.15, 0.2) is 40.2 Å². The number of carbonyl (C=O) groups excluding carboxylic acids is 1. The van der Waals surface area contributed by atoms with Crippen molar-refractivity contribution >= 4 is 23.1 Å². The first kappa shape index (κ1) is 17.7. The molecule has 140 valence electrons. The van der Waals surface area contributed by atoms with E-state index in [-0.39, 0.29) is 12.1 Å². The number of carbonyl (C=O) groups is 1. The fraction of sp³-hybridized carbons (Fsp3) is 0.350. The predicted molar refractivity (Wildman–Crippen MR) is 106 cm³/mol. The number of hydrogen-bond donors (Lipinski definition) is 1. The van der Waals surface area contributed by atoms with Gasteiger partial charge in [0.2, 0.25) is 0 Å². The average Bonchev–Trinajstić information content (AvgIpc) is 3.30. The van der Waals surface area contributed by atoms with E-state index in [1.165, 1.54) is 0 Å². The normalized spacial score (nSPS) is 17.1.